The standard InChI is InChI=1S/C20H26N6O2/c1-24-18(27)12-15(19(24)16-8-9-22-25(16)2)20(28)23-17-7-6-14(13-21-17)26-10-4-3-5-11-26/h6-9,13,15,19H,3-5,10-12H2,1-2H3,(H,21,23,28). The molecule has 0 bridgehead atoms. The van der Waals surface area contributed by atoms with Crippen LogP contribution in [0.15, 0.2) is 30.6 Å². The van der Waals surface area contributed by atoms with Gasteiger partial charge in [-0.05, 0) is 37.5 Å². The van der Waals surface area contributed by atoms with E-state index >= 15 is 0 Å². The average molecular weight is 382 g/mol. The number of aryl methyl sites for hydroxylation is 1. The molecule has 2 aliphatic heterocycles. The van der Waals surface area contributed by atoms with Crippen molar-refractivity contribution in [2.75, 3.05) is 30.4 Å². The first-order valence-corrected chi connectivity index (χ1v) is 9.80. The van der Waals surface area contributed by atoms with Gasteiger partial charge < -0.3 is 15.1 Å². The van der Waals surface area contributed by atoms with Gasteiger partial charge in [0.1, 0.15) is 5.82 Å². The number of hydrogen-bond donors (Lipinski definition) is 1. The zero-order valence-electron chi connectivity index (χ0n) is 16.3. The molecular formula is C20H26N6O2. The number of piperidine rings is 1. The minimum atomic E-state index is -0.475. The van der Waals surface area contributed by atoms with E-state index in [0.717, 1.165) is 24.5 Å². The minimum absolute atomic E-state index is 0.0419. The van der Waals surface area contributed by atoms with Crippen LogP contribution < -0.4 is 10.2 Å². The number of carbonyl (C=O) groups excluding carboxylic acids is 2. The quantitative estimate of drug-likeness (QED) is 0.874. The minimum Gasteiger partial charge on any atom is -0.370 e. The second-order valence-corrected chi connectivity index (χ2v) is 7.58. The van der Waals surface area contributed by atoms with Gasteiger partial charge in [0.2, 0.25) is 11.8 Å². The molecule has 0 spiro atoms. The normalized spacial score (nSPS) is 22.6. The Labute approximate surface area is 164 Å². The monoisotopic (exact) mass is 382 g/mol. The molecule has 2 amide bonds. The topological polar surface area (TPSA) is 83.4 Å². The van der Waals surface area contributed by atoms with Crippen LogP contribution in [0.25, 0.3) is 0 Å². The van der Waals surface area contributed by atoms with Gasteiger partial charge in [-0.15, -0.1) is 0 Å². The van der Waals surface area contributed by atoms with Crippen molar-refractivity contribution < 1.29 is 9.59 Å². The zero-order valence-corrected chi connectivity index (χ0v) is 16.3. The van der Waals surface area contributed by atoms with E-state index in [0.29, 0.717) is 5.82 Å². The fourth-order valence-electron chi connectivity index (χ4n) is 4.20. The number of amides is 2. The molecule has 8 heteroatoms. The number of nitrogens with zero attached hydrogens (tertiary/aromatic N) is 5. The van der Waals surface area contributed by atoms with Crippen LogP contribution in [-0.2, 0) is 16.6 Å². The summed E-state index contributed by atoms with van der Waals surface area (Å²) >= 11 is 0. The number of nitrogens with one attached hydrogen (secondary N) is 1. The summed E-state index contributed by atoms with van der Waals surface area (Å²) in [6.45, 7) is 2.10. The number of aromatic nitrogens is 3. The Balaban J connectivity index is 1.48. The average Bonchev–Trinajstić information content (AvgIpc) is 3.26. The highest BCUT2D eigenvalue weighted by Gasteiger charge is 2.44. The lowest BCUT2D eigenvalue weighted by atomic mass is 9.96. The molecule has 2 fully saturated rings. The molecule has 8 nitrogen and oxygen atoms in total. The zero-order chi connectivity index (χ0) is 19.7. The van der Waals surface area contributed by atoms with Crippen molar-refractivity contribution in [2.45, 2.75) is 31.7 Å². The van der Waals surface area contributed by atoms with E-state index in [4.69, 9.17) is 0 Å². The molecule has 148 valence electrons. The van der Waals surface area contributed by atoms with E-state index in [-0.39, 0.29) is 24.3 Å². The van der Waals surface area contributed by atoms with Crippen LogP contribution in [0.4, 0.5) is 11.5 Å². The predicted molar refractivity (Wildman–Crippen MR) is 106 cm³/mol. The Morgan fingerprint density at radius 3 is 2.57 bits per heavy atom. The van der Waals surface area contributed by atoms with Gasteiger partial charge in [0.25, 0.3) is 0 Å². The Morgan fingerprint density at radius 2 is 1.93 bits per heavy atom. The van der Waals surface area contributed by atoms with Crippen LogP contribution in [0.5, 0.6) is 0 Å². The molecule has 4 rings (SSSR count). The van der Waals surface area contributed by atoms with Gasteiger partial charge in [-0.1, -0.05) is 0 Å². The van der Waals surface area contributed by atoms with Crippen LogP contribution in [0.2, 0.25) is 0 Å². The number of hydrogen-bond acceptors (Lipinski definition) is 5. The Bertz CT molecular complexity index is 856. The Hall–Kier alpha value is -2.90. The molecule has 4 heterocycles. The van der Waals surface area contributed by atoms with Crippen molar-refractivity contribution in [1.82, 2.24) is 19.7 Å². The molecule has 2 aromatic rings. The highest BCUT2D eigenvalue weighted by atomic mass is 16.2. The van der Waals surface area contributed by atoms with Crippen LogP contribution in [0, 0.1) is 5.92 Å². The largest absolute Gasteiger partial charge is 0.370 e. The molecule has 2 aromatic heterocycles. The van der Waals surface area contributed by atoms with Gasteiger partial charge in [-0.25, -0.2) is 4.98 Å². The first-order valence-electron chi connectivity index (χ1n) is 9.80. The lowest BCUT2D eigenvalue weighted by molar-refractivity contribution is -0.128. The summed E-state index contributed by atoms with van der Waals surface area (Å²) in [4.78, 5) is 33.6. The first kappa shape index (κ1) is 18.5. The van der Waals surface area contributed by atoms with Crippen molar-refractivity contribution in [3.63, 3.8) is 0 Å². The molecule has 2 aliphatic rings. The molecule has 0 radical (unpaired) electrons. The van der Waals surface area contributed by atoms with Crippen LogP contribution >= 0.6 is 0 Å². The molecule has 0 aliphatic carbocycles. The second kappa shape index (κ2) is 7.61. The lowest BCUT2D eigenvalue weighted by Gasteiger charge is -2.28. The number of pyridine rings is 1. The molecule has 2 saturated heterocycles. The summed E-state index contributed by atoms with van der Waals surface area (Å²) in [7, 11) is 3.56. The van der Waals surface area contributed by atoms with Gasteiger partial charge >= 0.3 is 0 Å². The fourth-order valence-corrected chi connectivity index (χ4v) is 4.20. The maximum Gasteiger partial charge on any atom is 0.231 e. The molecule has 0 aromatic carbocycles. The van der Waals surface area contributed by atoms with Gasteiger partial charge in [-0.2, -0.15) is 5.10 Å². The number of likely N-dealkylation sites (tertiary alicyclic amines) is 1. The predicted octanol–water partition coefficient (Wildman–Crippen LogP) is 1.96. The third-order valence-corrected chi connectivity index (χ3v) is 5.81. The number of anilines is 2. The van der Waals surface area contributed by atoms with Gasteiger partial charge in [0.05, 0.1) is 29.5 Å². The maximum absolute atomic E-state index is 12.9. The molecular weight excluding hydrogens is 356 g/mol. The van der Waals surface area contributed by atoms with E-state index in [9.17, 15) is 9.59 Å². The third kappa shape index (κ3) is 3.46. The molecule has 2 atom stereocenters. The molecule has 28 heavy (non-hydrogen) atoms. The van der Waals surface area contributed by atoms with Crippen molar-refractivity contribution in [1.29, 1.82) is 0 Å². The lowest BCUT2D eigenvalue weighted by Crippen LogP contribution is -2.31. The second-order valence-electron chi connectivity index (χ2n) is 7.58. The smallest absolute Gasteiger partial charge is 0.231 e. The van der Waals surface area contributed by atoms with E-state index in [1.54, 1.807) is 22.8 Å². The van der Waals surface area contributed by atoms with E-state index in [2.05, 4.69) is 20.3 Å². The first-order chi connectivity index (χ1) is 13.5. The molecule has 1 N–H and O–H groups in total. The Kier molecular flexibility index (Phi) is 5.02. The Morgan fingerprint density at radius 1 is 1.14 bits per heavy atom. The summed E-state index contributed by atoms with van der Waals surface area (Å²) in [6.07, 6.45) is 7.37. The maximum atomic E-state index is 12.9. The summed E-state index contributed by atoms with van der Waals surface area (Å²) in [5.74, 6) is -0.199. The van der Waals surface area contributed by atoms with Crippen molar-refractivity contribution in [2.24, 2.45) is 13.0 Å². The van der Waals surface area contributed by atoms with Gasteiger partial charge in [-0.3, -0.25) is 14.3 Å². The fraction of sp³-hybridized carbons (Fsp3) is 0.500. The van der Waals surface area contributed by atoms with E-state index in [1.165, 1.54) is 19.3 Å². The summed E-state index contributed by atoms with van der Waals surface area (Å²) in [5, 5.41) is 7.07. The summed E-state index contributed by atoms with van der Waals surface area (Å²) in [6, 6.07) is 5.36. The molecule has 2 unspecified atom stereocenters. The molecule has 0 saturated carbocycles. The van der Waals surface area contributed by atoms with E-state index < -0.39 is 5.92 Å². The van der Waals surface area contributed by atoms with Crippen LogP contribution in [0.3, 0.4) is 0 Å². The van der Waals surface area contributed by atoms with Crippen molar-refractivity contribution >= 4 is 23.3 Å². The third-order valence-electron chi connectivity index (χ3n) is 5.81. The number of carbonyl (C=O) groups is 2. The van der Waals surface area contributed by atoms with Crippen LogP contribution in [0.1, 0.15) is 37.4 Å². The SMILES string of the molecule is CN1C(=O)CC(C(=O)Nc2ccc(N3CCCCC3)cn2)C1c1ccnn1C. The van der Waals surface area contributed by atoms with E-state index in [1.807, 2.05) is 31.4 Å². The van der Waals surface area contributed by atoms with Gasteiger partial charge in [0.15, 0.2) is 0 Å². The summed E-state index contributed by atoms with van der Waals surface area (Å²) < 4.78 is 1.71. The van der Waals surface area contributed by atoms with Crippen molar-refractivity contribution in [3.05, 3.63) is 36.3 Å². The van der Waals surface area contributed by atoms with Gasteiger partial charge in [0, 0.05) is 39.8 Å². The highest BCUT2D eigenvalue weighted by Crippen LogP contribution is 2.37. The van der Waals surface area contributed by atoms with Crippen LogP contribution in [-0.4, -0.2) is 51.6 Å². The number of rotatable bonds is 4. The van der Waals surface area contributed by atoms with Crippen molar-refractivity contribution in [3.8, 4) is 0 Å². The summed E-state index contributed by atoms with van der Waals surface area (Å²) in [5.41, 5.74) is 1.93. The highest BCUT2D eigenvalue weighted by molar-refractivity contribution is 5.97.